The van der Waals surface area contributed by atoms with Gasteiger partial charge in [0.25, 0.3) is 0 Å². The zero-order valence-electron chi connectivity index (χ0n) is 9.54. The summed E-state index contributed by atoms with van der Waals surface area (Å²) in [6.45, 7) is 1.98. The zero-order chi connectivity index (χ0) is 12.1. The lowest BCUT2D eigenvalue weighted by Gasteiger charge is -2.16. The van der Waals surface area contributed by atoms with Gasteiger partial charge in [-0.3, -0.25) is 0 Å². The molecular formula is C12H17BrFNO. The van der Waals surface area contributed by atoms with Crippen LogP contribution in [0, 0.1) is 5.82 Å². The lowest BCUT2D eigenvalue weighted by molar-refractivity contribution is 0.107. The number of halogens is 2. The summed E-state index contributed by atoms with van der Waals surface area (Å²) in [7, 11) is 1.66. The third-order valence-corrected chi connectivity index (χ3v) is 3.28. The van der Waals surface area contributed by atoms with E-state index in [2.05, 4.69) is 15.9 Å². The Morgan fingerprint density at radius 2 is 2.12 bits per heavy atom. The van der Waals surface area contributed by atoms with Crippen molar-refractivity contribution in [1.29, 1.82) is 0 Å². The Labute approximate surface area is 104 Å². The molecule has 0 saturated heterocycles. The lowest BCUT2D eigenvalue weighted by Crippen LogP contribution is -2.15. The highest BCUT2D eigenvalue weighted by molar-refractivity contribution is 9.10. The van der Waals surface area contributed by atoms with E-state index in [-0.39, 0.29) is 18.0 Å². The maximum absolute atomic E-state index is 13.7. The molecule has 90 valence electrons. The first-order chi connectivity index (χ1) is 7.56. The molecule has 1 aromatic rings. The van der Waals surface area contributed by atoms with Crippen LogP contribution in [0.25, 0.3) is 0 Å². The molecule has 0 heterocycles. The van der Waals surface area contributed by atoms with Gasteiger partial charge in [0, 0.05) is 18.7 Å². The molecule has 4 heteroatoms. The van der Waals surface area contributed by atoms with Crippen molar-refractivity contribution in [2.75, 3.05) is 7.11 Å². The molecule has 0 saturated carbocycles. The summed E-state index contributed by atoms with van der Waals surface area (Å²) in [6.07, 6.45) is 1.69. The first-order valence-electron chi connectivity index (χ1n) is 5.28. The van der Waals surface area contributed by atoms with Crippen LogP contribution >= 0.6 is 15.9 Å². The molecule has 1 rings (SSSR count). The number of hydrogen-bond acceptors (Lipinski definition) is 2. The van der Waals surface area contributed by atoms with Crippen molar-refractivity contribution in [2.24, 2.45) is 5.73 Å². The first kappa shape index (κ1) is 13.6. The van der Waals surface area contributed by atoms with Crippen LogP contribution in [0.15, 0.2) is 22.7 Å². The van der Waals surface area contributed by atoms with Gasteiger partial charge in [-0.05, 0) is 41.8 Å². The SMILES string of the molecule is COC(C)CCC(N)c1cccc(Br)c1F. The molecule has 0 spiro atoms. The van der Waals surface area contributed by atoms with Crippen LogP contribution in [0.2, 0.25) is 0 Å². The molecule has 0 aromatic heterocycles. The van der Waals surface area contributed by atoms with Gasteiger partial charge in [-0.25, -0.2) is 4.39 Å². The monoisotopic (exact) mass is 289 g/mol. The Morgan fingerprint density at radius 1 is 1.44 bits per heavy atom. The Balaban J connectivity index is 2.66. The number of methoxy groups -OCH3 is 1. The second-order valence-electron chi connectivity index (χ2n) is 3.87. The highest BCUT2D eigenvalue weighted by Crippen LogP contribution is 2.25. The van der Waals surface area contributed by atoms with Gasteiger partial charge in [0.1, 0.15) is 5.82 Å². The largest absolute Gasteiger partial charge is 0.382 e. The van der Waals surface area contributed by atoms with E-state index in [1.807, 2.05) is 6.92 Å². The van der Waals surface area contributed by atoms with Crippen LogP contribution in [0.5, 0.6) is 0 Å². The molecule has 16 heavy (non-hydrogen) atoms. The predicted molar refractivity (Wildman–Crippen MR) is 66.7 cm³/mol. The normalized spacial score (nSPS) is 14.8. The molecule has 2 atom stereocenters. The number of benzene rings is 1. The molecule has 2 unspecified atom stereocenters. The van der Waals surface area contributed by atoms with Gasteiger partial charge in [0.05, 0.1) is 10.6 Å². The van der Waals surface area contributed by atoms with Crippen LogP contribution in [-0.4, -0.2) is 13.2 Å². The van der Waals surface area contributed by atoms with Gasteiger partial charge in [-0.2, -0.15) is 0 Å². The van der Waals surface area contributed by atoms with Crippen LogP contribution in [0.1, 0.15) is 31.4 Å². The molecule has 0 aliphatic carbocycles. The first-order valence-corrected chi connectivity index (χ1v) is 6.07. The Bertz CT molecular complexity index is 346. The van der Waals surface area contributed by atoms with Gasteiger partial charge in [0.15, 0.2) is 0 Å². The Morgan fingerprint density at radius 3 is 2.75 bits per heavy atom. The van der Waals surface area contributed by atoms with Crippen molar-refractivity contribution in [3.8, 4) is 0 Å². The van der Waals surface area contributed by atoms with E-state index in [0.29, 0.717) is 16.5 Å². The van der Waals surface area contributed by atoms with Gasteiger partial charge >= 0.3 is 0 Å². The van der Waals surface area contributed by atoms with E-state index in [1.165, 1.54) is 0 Å². The molecule has 2 N–H and O–H groups in total. The minimum absolute atomic E-state index is 0.154. The Hall–Kier alpha value is -0.450. The highest BCUT2D eigenvalue weighted by Gasteiger charge is 2.14. The van der Waals surface area contributed by atoms with Gasteiger partial charge in [0.2, 0.25) is 0 Å². The smallest absolute Gasteiger partial charge is 0.142 e. The summed E-state index contributed by atoms with van der Waals surface area (Å²) in [5.74, 6) is -0.264. The maximum atomic E-state index is 13.7. The lowest BCUT2D eigenvalue weighted by atomic mass is 10.0. The number of hydrogen-bond donors (Lipinski definition) is 1. The summed E-state index contributed by atoms with van der Waals surface area (Å²) < 4.78 is 19.3. The fraction of sp³-hybridized carbons (Fsp3) is 0.500. The van der Waals surface area contributed by atoms with Gasteiger partial charge in [-0.15, -0.1) is 0 Å². The van der Waals surface area contributed by atoms with Crippen molar-refractivity contribution >= 4 is 15.9 Å². The van der Waals surface area contributed by atoms with Crippen molar-refractivity contribution < 1.29 is 9.13 Å². The fourth-order valence-electron chi connectivity index (χ4n) is 1.49. The summed E-state index contributed by atoms with van der Waals surface area (Å²) in [5.41, 5.74) is 6.50. The molecule has 0 radical (unpaired) electrons. The van der Waals surface area contributed by atoms with Crippen LogP contribution in [-0.2, 0) is 4.74 Å². The fourth-order valence-corrected chi connectivity index (χ4v) is 1.88. The molecule has 0 bridgehead atoms. The average molecular weight is 290 g/mol. The maximum Gasteiger partial charge on any atom is 0.142 e. The zero-order valence-corrected chi connectivity index (χ0v) is 11.1. The Kier molecular flexibility index (Phi) is 5.38. The third-order valence-electron chi connectivity index (χ3n) is 2.67. The van der Waals surface area contributed by atoms with Gasteiger partial charge in [-0.1, -0.05) is 12.1 Å². The van der Waals surface area contributed by atoms with Gasteiger partial charge < -0.3 is 10.5 Å². The van der Waals surface area contributed by atoms with E-state index >= 15 is 0 Å². The van der Waals surface area contributed by atoms with Crippen molar-refractivity contribution in [3.63, 3.8) is 0 Å². The van der Waals surface area contributed by atoms with E-state index in [1.54, 1.807) is 25.3 Å². The summed E-state index contributed by atoms with van der Waals surface area (Å²) in [5, 5.41) is 0. The average Bonchev–Trinajstić information content (AvgIpc) is 2.29. The molecule has 2 nitrogen and oxygen atoms in total. The minimum Gasteiger partial charge on any atom is -0.382 e. The molecule has 0 fully saturated rings. The molecule has 0 aliphatic rings. The van der Waals surface area contributed by atoms with Crippen LogP contribution < -0.4 is 5.73 Å². The van der Waals surface area contributed by atoms with E-state index in [0.717, 1.165) is 6.42 Å². The molecular weight excluding hydrogens is 273 g/mol. The standard InChI is InChI=1S/C12H17BrFNO/c1-8(16-2)6-7-11(15)9-4-3-5-10(13)12(9)14/h3-5,8,11H,6-7,15H2,1-2H3. The molecule has 0 amide bonds. The van der Waals surface area contributed by atoms with Crippen molar-refractivity contribution in [2.45, 2.75) is 31.9 Å². The van der Waals surface area contributed by atoms with Crippen molar-refractivity contribution in [1.82, 2.24) is 0 Å². The number of rotatable bonds is 5. The third kappa shape index (κ3) is 3.54. The number of nitrogens with two attached hydrogens (primary N) is 1. The second kappa shape index (κ2) is 6.33. The summed E-state index contributed by atoms with van der Waals surface area (Å²) >= 11 is 3.15. The quantitative estimate of drug-likeness (QED) is 0.902. The molecule has 1 aromatic carbocycles. The second-order valence-corrected chi connectivity index (χ2v) is 4.73. The predicted octanol–water partition coefficient (Wildman–Crippen LogP) is 3.40. The van der Waals surface area contributed by atoms with E-state index in [4.69, 9.17) is 10.5 Å². The number of ether oxygens (including phenoxy) is 1. The molecule has 0 aliphatic heterocycles. The minimum atomic E-state index is -0.282. The topological polar surface area (TPSA) is 35.2 Å². The van der Waals surface area contributed by atoms with Crippen LogP contribution in [0.4, 0.5) is 4.39 Å². The summed E-state index contributed by atoms with van der Waals surface area (Å²) in [6, 6.07) is 4.91. The van der Waals surface area contributed by atoms with E-state index < -0.39 is 0 Å². The highest BCUT2D eigenvalue weighted by atomic mass is 79.9. The summed E-state index contributed by atoms with van der Waals surface area (Å²) in [4.78, 5) is 0. The van der Waals surface area contributed by atoms with Crippen LogP contribution in [0.3, 0.4) is 0 Å². The van der Waals surface area contributed by atoms with Crippen molar-refractivity contribution in [3.05, 3.63) is 34.1 Å². The van der Waals surface area contributed by atoms with E-state index in [9.17, 15) is 4.39 Å².